The maximum atomic E-state index is 12.2. The molecule has 9 heteroatoms. The lowest BCUT2D eigenvalue weighted by atomic mass is 10.1. The Labute approximate surface area is 78.0 Å². The van der Waals surface area contributed by atoms with Crippen LogP contribution in [-0.4, -0.2) is 24.0 Å². The van der Waals surface area contributed by atoms with Crippen LogP contribution in [0.5, 0.6) is 0 Å². The highest BCUT2D eigenvalue weighted by molar-refractivity contribution is 5.77. The molecule has 0 saturated heterocycles. The van der Waals surface area contributed by atoms with E-state index in [0.29, 0.717) is 0 Å². The fraction of sp³-hybridized carbons (Fsp3) is 0.500. The van der Waals surface area contributed by atoms with E-state index in [1.807, 2.05) is 0 Å². The second-order valence-electron chi connectivity index (χ2n) is 2.35. The number of carbonyl (C=O) groups excluding carboxylic acids is 1. The summed E-state index contributed by atoms with van der Waals surface area (Å²) in [6.07, 6.45) is -8.15. The van der Waals surface area contributed by atoms with E-state index in [1.54, 1.807) is 0 Å². The van der Waals surface area contributed by atoms with Gasteiger partial charge in [0.25, 0.3) is 0 Å². The average Bonchev–Trinajstić information content (AvgIpc) is 1.98. The van der Waals surface area contributed by atoms with Crippen LogP contribution in [0.3, 0.4) is 0 Å². The van der Waals surface area contributed by atoms with Crippen molar-refractivity contribution in [3.8, 4) is 0 Å². The molecule has 0 aromatic rings. The van der Waals surface area contributed by atoms with Crippen LogP contribution in [0.4, 0.5) is 30.7 Å². The molecular weight excluding hydrogens is 237 g/mol. The minimum atomic E-state index is -6.48. The third-order valence-electron chi connectivity index (χ3n) is 1.20. The summed E-state index contributed by atoms with van der Waals surface area (Å²) in [4.78, 5) is 9.57. The zero-order valence-corrected chi connectivity index (χ0v) is 6.62. The molecule has 0 aliphatic rings. The lowest BCUT2D eigenvalue weighted by molar-refractivity contribution is -0.342. The summed E-state index contributed by atoms with van der Waals surface area (Å²) < 4.78 is 82.7. The van der Waals surface area contributed by atoms with E-state index in [0.717, 1.165) is 0 Å². The number of allylic oxidation sites excluding steroid dienone is 1. The molecule has 0 unspecified atom stereocenters. The highest BCUT2D eigenvalue weighted by Gasteiger charge is 2.71. The molecule has 0 aliphatic heterocycles. The summed E-state index contributed by atoms with van der Waals surface area (Å²) in [6.45, 7) is 0. The smallest absolute Gasteiger partial charge is 0.460 e. The molecule has 2 nitrogen and oxygen atoms in total. The third kappa shape index (κ3) is 2.83. The number of aliphatic carboxylic acids is 1. The number of carboxylic acid groups (broad SMARTS) is 1. The lowest BCUT2D eigenvalue weighted by Crippen LogP contribution is -2.50. The highest BCUT2D eigenvalue weighted by atomic mass is 19.4. The minimum Gasteiger partial charge on any atom is -0.545 e. The quantitative estimate of drug-likeness (QED) is 0.547. The number of hydrogen-bond acceptors (Lipinski definition) is 2. The van der Waals surface area contributed by atoms with Gasteiger partial charge in [0.2, 0.25) is 0 Å². The van der Waals surface area contributed by atoms with Gasteiger partial charge in [-0.15, -0.1) is 0 Å². The fourth-order valence-electron chi connectivity index (χ4n) is 0.466. The zero-order chi connectivity index (χ0) is 12.5. The van der Waals surface area contributed by atoms with E-state index in [4.69, 9.17) is 0 Å². The van der Waals surface area contributed by atoms with Crippen LogP contribution < -0.4 is 5.11 Å². The van der Waals surface area contributed by atoms with Crippen molar-refractivity contribution >= 4 is 5.97 Å². The molecule has 0 atom stereocenters. The molecule has 0 fully saturated rings. The number of halogens is 7. The van der Waals surface area contributed by atoms with Crippen molar-refractivity contribution < 1.29 is 40.6 Å². The van der Waals surface area contributed by atoms with E-state index in [1.165, 1.54) is 0 Å². The first-order valence-corrected chi connectivity index (χ1v) is 3.14. The zero-order valence-electron chi connectivity index (χ0n) is 6.62. The van der Waals surface area contributed by atoms with Crippen molar-refractivity contribution in [3.63, 3.8) is 0 Å². The molecule has 0 saturated carbocycles. The molecule has 0 amide bonds. The molecule has 0 bridgehead atoms. The molecule has 0 N–H and O–H groups in total. The molecule has 15 heavy (non-hydrogen) atoms. The molecule has 0 aromatic heterocycles. The SMILES string of the molecule is O=C([O-])C=CC(F)(F)C(F)(F)C(F)(F)F. The summed E-state index contributed by atoms with van der Waals surface area (Å²) in [5, 5.41) is 9.57. The largest absolute Gasteiger partial charge is 0.545 e. The average molecular weight is 239 g/mol. The Morgan fingerprint density at radius 1 is 1.00 bits per heavy atom. The Kier molecular flexibility index (Phi) is 3.39. The first-order chi connectivity index (χ1) is 6.42. The van der Waals surface area contributed by atoms with Crippen LogP contribution in [0.1, 0.15) is 0 Å². The lowest BCUT2D eigenvalue weighted by Gasteiger charge is -2.25. The van der Waals surface area contributed by atoms with Crippen molar-refractivity contribution in [2.75, 3.05) is 0 Å². The van der Waals surface area contributed by atoms with Gasteiger partial charge in [-0.3, -0.25) is 0 Å². The van der Waals surface area contributed by atoms with E-state index in [9.17, 15) is 40.6 Å². The molecule has 0 heterocycles. The second kappa shape index (κ2) is 3.70. The summed E-state index contributed by atoms with van der Waals surface area (Å²) in [5.41, 5.74) is 0. The van der Waals surface area contributed by atoms with Crippen LogP contribution >= 0.6 is 0 Å². The number of rotatable bonds is 3. The summed E-state index contributed by atoms with van der Waals surface area (Å²) in [5.74, 6) is -14.3. The van der Waals surface area contributed by atoms with Gasteiger partial charge in [-0.05, 0) is 12.2 Å². The Morgan fingerprint density at radius 2 is 1.40 bits per heavy atom. The van der Waals surface area contributed by atoms with Gasteiger partial charge in [0, 0.05) is 0 Å². The summed E-state index contributed by atoms with van der Waals surface area (Å²) in [7, 11) is 0. The second-order valence-corrected chi connectivity index (χ2v) is 2.35. The van der Waals surface area contributed by atoms with Crippen molar-refractivity contribution in [2.24, 2.45) is 0 Å². The predicted molar refractivity (Wildman–Crippen MR) is 30.1 cm³/mol. The Hall–Kier alpha value is -1.28. The van der Waals surface area contributed by atoms with Crippen LogP contribution in [0.2, 0.25) is 0 Å². The monoisotopic (exact) mass is 239 g/mol. The summed E-state index contributed by atoms with van der Waals surface area (Å²) in [6, 6.07) is 0. The molecule has 0 aliphatic carbocycles. The molecule has 0 aromatic carbocycles. The van der Waals surface area contributed by atoms with Crippen molar-refractivity contribution in [3.05, 3.63) is 12.2 Å². The van der Waals surface area contributed by atoms with Gasteiger partial charge in [0.05, 0.1) is 5.97 Å². The highest BCUT2D eigenvalue weighted by Crippen LogP contribution is 2.46. The van der Waals surface area contributed by atoms with Gasteiger partial charge in [0.15, 0.2) is 0 Å². The Morgan fingerprint density at radius 3 is 1.67 bits per heavy atom. The predicted octanol–water partition coefficient (Wildman–Crippen LogP) is 1.13. The van der Waals surface area contributed by atoms with Gasteiger partial charge in [-0.1, -0.05) is 0 Å². The summed E-state index contributed by atoms with van der Waals surface area (Å²) >= 11 is 0. The van der Waals surface area contributed by atoms with Gasteiger partial charge in [-0.25, -0.2) is 0 Å². The normalized spacial score (nSPS) is 14.6. The molecule has 0 spiro atoms. The Bertz CT molecular complexity index is 278. The molecule has 0 radical (unpaired) electrons. The van der Waals surface area contributed by atoms with Crippen molar-refractivity contribution in [1.29, 1.82) is 0 Å². The van der Waals surface area contributed by atoms with Crippen LogP contribution in [0, 0.1) is 0 Å². The fourth-order valence-corrected chi connectivity index (χ4v) is 0.466. The number of hydrogen-bond donors (Lipinski definition) is 0. The number of carboxylic acids is 1. The molecular formula is C6H2F7O2-. The topological polar surface area (TPSA) is 40.1 Å². The van der Waals surface area contributed by atoms with Gasteiger partial charge < -0.3 is 9.90 Å². The van der Waals surface area contributed by atoms with E-state index in [-0.39, 0.29) is 0 Å². The maximum Gasteiger partial charge on any atom is 0.460 e. The number of carbonyl (C=O) groups is 1. The van der Waals surface area contributed by atoms with Crippen LogP contribution in [0.25, 0.3) is 0 Å². The standard InChI is InChI=1S/C6H3F7O2/c7-4(8,2-1-3(14)15)5(9,10)6(11,12)13/h1-2H,(H,14,15)/p-1. The van der Waals surface area contributed by atoms with Crippen molar-refractivity contribution in [2.45, 2.75) is 18.0 Å². The maximum absolute atomic E-state index is 12.2. The number of alkyl halides is 7. The Balaban J connectivity index is 5.10. The first-order valence-electron chi connectivity index (χ1n) is 3.14. The van der Waals surface area contributed by atoms with E-state index < -0.39 is 36.1 Å². The minimum absolute atomic E-state index is 0.598. The van der Waals surface area contributed by atoms with Crippen LogP contribution in [0.15, 0.2) is 12.2 Å². The molecule has 0 rings (SSSR count). The van der Waals surface area contributed by atoms with Gasteiger partial charge in [0.1, 0.15) is 0 Å². The van der Waals surface area contributed by atoms with Crippen molar-refractivity contribution in [1.82, 2.24) is 0 Å². The third-order valence-corrected chi connectivity index (χ3v) is 1.20. The first kappa shape index (κ1) is 13.7. The van der Waals surface area contributed by atoms with E-state index in [2.05, 4.69) is 0 Å². The van der Waals surface area contributed by atoms with Gasteiger partial charge >= 0.3 is 18.0 Å². The van der Waals surface area contributed by atoms with Gasteiger partial charge in [-0.2, -0.15) is 30.7 Å². The van der Waals surface area contributed by atoms with Crippen LogP contribution in [-0.2, 0) is 4.79 Å². The molecule has 88 valence electrons. The van der Waals surface area contributed by atoms with E-state index >= 15 is 0 Å².